The minimum absolute atomic E-state index is 0.297. The first-order valence-electron chi connectivity index (χ1n) is 9.10. The predicted molar refractivity (Wildman–Crippen MR) is 102 cm³/mol. The van der Waals surface area contributed by atoms with Crippen molar-refractivity contribution in [3.05, 3.63) is 35.9 Å². The van der Waals surface area contributed by atoms with E-state index >= 15 is 0 Å². The van der Waals surface area contributed by atoms with E-state index in [0.717, 1.165) is 11.1 Å². The summed E-state index contributed by atoms with van der Waals surface area (Å²) in [6, 6.07) is 8.09. The van der Waals surface area contributed by atoms with Gasteiger partial charge in [0, 0.05) is 11.6 Å². The van der Waals surface area contributed by atoms with Crippen LogP contribution in [0.4, 0.5) is 15.0 Å². The summed E-state index contributed by atoms with van der Waals surface area (Å²) in [6.45, 7) is 8.01. The molecule has 1 saturated heterocycles. The van der Waals surface area contributed by atoms with Gasteiger partial charge in [-0.25, -0.2) is 9.18 Å². The van der Waals surface area contributed by atoms with E-state index in [0.29, 0.717) is 11.6 Å². The minimum Gasteiger partial charge on any atom is -0.444 e. The standard InChI is InChI=1S/C20H26FN3O4/c1-19(2,3)27-18(25)24-14(11-21)17(26-20(24,4)5)13-8-6-12(7-9-13)15-10-16(22)23-28-15/h6-10,14,17H,11H2,1-5H3,(H2,22,23). The smallest absolute Gasteiger partial charge is 0.413 e. The molecule has 1 fully saturated rings. The maximum absolute atomic E-state index is 14.0. The molecule has 0 bridgehead atoms. The topological polar surface area (TPSA) is 90.8 Å². The Morgan fingerprint density at radius 2 is 1.96 bits per heavy atom. The number of nitrogens with two attached hydrogens (primary N) is 1. The number of ether oxygens (including phenoxy) is 2. The van der Waals surface area contributed by atoms with Crippen LogP contribution in [0.2, 0.25) is 0 Å². The second-order valence-corrected chi connectivity index (χ2v) is 8.30. The Balaban J connectivity index is 1.86. The fourth-order valence-corrected chi connectivity index (χ4v) is 3.35. The number of alkyl halides is 1. The maximum atomic E-state index is 14.0. The SMILES string of the molecule is CC(C)(C)OC(=O)N1C(CF)C(c2ccc(-c3cc(N)no3)cc2)OC1(C)C. The molecule has 0 radical (unpaired) electrons. The molecule has 1 aliphatic rings. The van der Waals surface area contributed by atoms with Crippen LogP contribution in [0, 0.1) is 0 Å². The van der Waals surface area contributed by atoms with Crippen LogP contribution in [0.1, 0.15) is 46.3 Å². The van der Waals surface area contributed by atoms with Gasteiger partial charge in [0.15, 0.2) is 11.6 Å². The summed E-state index contributed by atoms with van der Waals surface area (Å²) < 4.78 is 30.7. The van der Waals surface area contributed by atoms with Crippen molar-refractivity contribution >= 4 is 11.9 Å². The number of hydrogen-bond acceptors (Lipinski definition) is 6. The Bertz CT molecular complexity index is 842. The van der Waals surface area contributed by atoms with Crippen molar-refractivity contribution in [1.82, 2.24) is 10.1 Å². The Labute approximate surface area is 163 Å². The molecular weight excluding hydrogens is 365 g/mol. The molecule has 2 atom stereocenters. The van der Waals surface area contributed by atoms with Gasteiger partial charge < -0.3 is 19.7 Å². The molecule has 7 nitrogen and oxygen atoms in total. The van der Waals surface area contributed by atoms with Crippen molar-refractivity contribution in [3.8, 4) is 11.3 Å². The summed E-state index contributed by atoms with van der Waals surface area (Å²) >= 11 is 0. The minimum atomic E-state index is -1.01. The predicted octanol–water partition coefficient (Wildman–Crippen LogP) is 4.31. The van der Waals surface area contributed by atoms with Gasteiger partial charge >= 0.3 is 6.09 Å². The van der Waals surface area contributed by atoms with E-state index in [4.69, 9.17) is 19.7 Å². The number of halogens is 1. The molecule has 1 aromatic carbocycles. The van der Waals surface area contributed by atoms with Crippen LogP contribution in [0.5, 0.6) is 0 Å². The molecule has 2 unspecified atom stereocenters. The van der Waals surface area contributed by atoms with Crippen molar-refractivity contribution in [2.75, 3.05) is 12.4 Å². The lowest BCUT2D eigenvalue weighted by atomic mass is 10.0. The maximum Gasteiger partial charge on any atom is 0.413 e. The van der Waals surface area contributed by atoms with E-state index in [-0.39, 0.29) is 0 Å². The Morgan fingerprint density at radius 1 is 1.32 bits per heavy atom. The lowest BCUT2D eigenvalue weighted by Gasteiger charge is -2.34. The number of carbonyl (C=O) groups is 1. The third kappa shape index (κ3) is 3.96. The zero-order valence-corrected chi connectivity index (χ0v) is 16.7. The van der Waals surface area contributed by atoms with Crippen LogP contribution in [0.15, 0.2) is 34.9 Å². The van der Waals surface area contributed by atoms with Gasteiger partial charge in [-0.05, 0) is 40.2 Å². The molecule has 1 amide bonds. The number of aromatic nitrogens is 1. The highest BCUT2D eigenvalue weighted by molar-refractivity contribution is 5.70. The van der Waals surface area contributed by atoms with Crippen LogP contribution < -0.4 is 5.73 Å². The summed E-state index contributed by atoms with van der Waals surface area (Å²) in [7, 11) is 0. The van der Waals surface area contributed by atoms with Gasteiger partial charge in [0.1, 0.15) is 24.1 Å². The molecule has 3 rings (SSSR count). The number of rotatable bonds is 3. The number of nitrogens with zero attached hydrogens (tertiary/aromatic N) is 2. The molecule has 2 N–H and O–H groups in total. The number of benzene rings is 1. The number of nitrogen functional groups attached to an aromatic ring is 1. The molecule has 2 aromatic rings. The van der Waals surface area contributed by atoms with E-state index in [1.807, 2.05) is 24.3 Å². The van der Waals surface area contributed by atoms with Crippen molar-refractivity contribution < 1.29 is 23.2 Å². The van der Waals surface area contributed by atoms with Gasteiger partial charge in [-0.1, -0.05) is 29.4 Å². The van der Waals surface area contributed by atoms with Crippen LogP contribution >= 0.6 is 0 Å². The van der Waals surface area contributed by atoms with Gasteiger partial charge in [-0.2, -0.15) is 0 Å². The van der Waals surface area contributed by atoms with Crippen LogP contribution in [-0.4, -0.2) is 40.2 Å². The molecule has 0 saturated carbocycles. The van der Waals surface area contributed by atoms with E-state index < -0.39 is 36.2 Å². The first-order chi connectivity index (χ1) is 13.0. The fraction of sp³-hybridized carbons (Fsp3) is 0.500. The van der Waals surface area contributed by atoms with Gasteiger partial charge in [-0.15, -0.1) is 0 Å². The third-order valence-corrected chi connectivity index (χ3v) is 4.48. The van der Waals surface area contributed by atoms with Crippen molar-refractivity contribution in [2.45, 2.75) is 58.1 Å². The van der Waals surface area contributed by atoms with E-state index in [2.05, 4.69) is 5.16 Å². The average Bonchev–Trinajstić information content (AvgIpc) is 3.13. The second-order valence-electron chi connectivity index (χ2n) is 8.30. The summed E-state index contributed by atoms with van der Waals surface area (Å²) in [4.78, 5) is 14.0. The second kappa shape index (κ2) is 7.09. The Hall–Kier alpha value is -2.61. The van der Waals surface area contributed by atoms with Gasteiger partial charge in [0.05, 0.1) is 6.04 Å². The quantitative estimate of drug-likeness (QED) is 0.838. The van der Waals surface area contributed by atoms with Crippen molar-refractivity contribution in [3.63, 3.8) is 0 Å². The molecule has 8 heteroatoms. The molecule has 152 valence electrons. The van der Waals surface area contributed by atoms with Crippen LogP contribution in [0.25, 0.3) is 11.3 Å². The summed E-state index contributed by atoms with van der Waals surface area (Å²) in [5.74, 6) is 0.833. The molecule has 2 heterocycles. The summed E-state index contributed by atoms with van der Waals surface area (Å²) in [6.07, 6.45) is -1.22. The van der Waals surface area contributed by atoms with Crippen LogP contribution in [-0.2, 0) is 9.47 Å². The van der Waals surface area contributed by atoms with Gasteiger partial charge in [0.2, 0.25) is 0 Å². The highest BCUT2D eigenvalue weighted by atomic mass is 19.1. The first kappa shape index (κ1) is 20.1. The summed E-state index contributed by atoms with van der Waals surface area (Å²) in [5, 5.41) is 3.67. The molecule has 1 aromatic heterocycles. The highest BCUT2D eigenvalue weighted by Crippen LogP contribution is 2.42. The van der Waals surface area contributed by atoms with Crippen molar-refractivity contribution in [2.24, 2.45) is 0 Å². The fourth-order valence-electron chi connectivity index (χ4n) is 3.35. The van der Waals surface area contributed by atoms with E-state index in [1.165, 1.54) is 4.90 Å². The normalized spacial score (nSPS) is 21.7. The molecule has 0 spiro atoms. The number of carbonyl (C=O) groups excluding carboxylic acids is 1. The first-order valence-corrected chi connectivity index (χ1v) is 9.10. The highest BCUT2D eigenvalue weighted by Gasteiger charge is 2.51. The molecular formula is C20H26FN3O4. The van der Waals surface area contributed by atoms with Gasteiger partial charge in [0.25, 0.3) is 0 Å². The third-order valence-electron chi connectivity index (χ3n) is 4.48. The summed E-state index contributed by atoms with van der Waals surface area (Å²) in [5.41, 5.74) is 5.41. The van der Waals surface area contributed by atoms with Crippen molar-refractivity contribution in [1.29, 1.82) is 0 Å². The van der Waals surface area contributed by atoms with Crippen LogP contribution in [0.3, 0.4) is 0 Å². The van der Waals surface area contributed by atoms with E-state index in [1.54, 1.807) is 40.7 Å². The Kier molecular flexibility index (Phi) is 5.10. The lowest BCUT2D eigenvalue weighted by Crippen LogP contribution is -2.50. The largest absolute Gasteiger partial charge is 0.444 e. The lowest BCUT2D eigenvalue weighted by molar-refractivity contribution is -0.0797. The Morgan fingerprint density at radius 3 is 2.46 bits per heavy atom. The monoisotopic (exact) mass is 391 g/mol. The molecule has 1 aliphatic heterocycles. The number of anilines is 1. The zero-order chi connectivity index (χ0) is 20.7. The molecule has 0 aliphatic carbocycles. The number of amides is 1. The van der Waals surface area contributed by atoms with Gasteiger partial charge in [-0.3, -0.25) is 4.90 Å². The van der Waals surface area contributed by atoms with E-state index in [9.17, 15) is 9.18 Å². The molecule has 28 heavy (non-hydrogen) atoms. The average molecular weight is 391 g/mol. The number of hydrogen-bond donors (Lipinski definition) is 1. The zero-order valence-electron chi connectivity index (χ0n) is 16.7.